The molecule has 0 radical (unpaired) electrons. The molecular formula is C20H31ClN6O2. The summed E-state index contributed by atoms with van der Waals surface area (Å²) in [7, 11) is 0. The molecule has 3 fully saturated rings. The van der Waals surface area contributed by atoms with E-state index >= 15 is 0 Å². The maximum absolute atomic E-state index is 12.6. The van der Waals surface area contributed by atoms with Crippen molar-refractivity contribution in [3.05, 3.63) is 11.1 Å². The van der Waals surface area contributed by atoms with E-state index in [1.54, 1.807) is 6.92 Å². The van der Waals surface area contributed by atoms with Crippen molar-refractivity contribution in [1.29, 1.82) is 0 Å². The number of piperidine rings is 1. The number of nitrogens with zero attached hydrogens (tertiary/aromatic N) is 4. The van der Waals surface area contributed by atoms with Crippen molar-refractivity contribution >= 4 is 23.6 Å². The lowest BCUT2D eigenvalue weighted by atomic mass is 9.75. The van der Waals surface area contributed by atoms with E-state index in [0.717, 1.165) is 45.2 Å². The Bertz CT molecular complexity index is 716. The number of nitrogens with one attached hydrogen (secondary N) is 2. The molecule has 0 aromatic carbocycles. The first-order valence-corrected chi connectivity index (χ1v) is 11.1. The fourth-order valence-corrected chi connectivity index (χ4v) is 5.45. The third kappa shape index (κ3) is 5.09. The summed E-state index contributed by atoms with van der Waals surface area (Å²) in [6.45, 7) is 7.64. The van der Waals surface area contributed by atoms with Crippen molar-refractivity contribution in [2.24, 2.45) is 11.8 Å². The smallest absolute Gasteiger partial charge is 0.317 e. The van der Waals surface area contributed by atoms with Crippen molar-refractivity contribution in [2.75, 3.05) is 18.0 Å². The number of carbonyl (C=O) groups excluding carboxylic acids is 1. The summed E-state index contributed by atoms with van der Waals surface area (Å²) >= 11 is 5.95. The van der Waals surface area contributed by atoms with Crippen LogP contribution >= 0.6 is 11.6 Å². The molecule has 1 aliphatic carbocycles. The van der Waals surface area contributed by atoms with Gasteiger partial charge in [0.1, 0.15) is 11.5 Å². The number of aromatic nitrogens is 3. The molecule has 29 heavy (non-hydrogen) atoms. The highest BCUT2D eigenvalue weighted by molar-refractivity contribution is 6.28. The third-order valence-corrected chi connectivity index (χ3v) is 6.47. The molecule has 2 N–H and O–H groups in total. The van der Waals surface area contributed by atoms with Crippen LogP contribution in [0.4, 0.5) is 10.7 Å². The number of aryl methyl sites for hydroxylation is 1. The highest BCUT2D eigenvalue weighted by Gasteiger charge is 2.42. The summed E-state index contributed by atoms with van der Waals surface area (Å²) in [4.78, 5) is 27.3. The van der Waals surface area contributed by atoms with Crippen LogP contribution in [0.3, 0.4) is 0 Å². The van der Waals surface area contributed by atoms with Gasteiger partial charge in [0.15, 0.2) is 0 Å². The number of hydrogen-bond donors (Lipinski definition) is 2. The monoisotopic (exact) mass is 422 g/mol. The number of hydrogen-bond acceptors (Lipinski definition) is 6. The number of halogens is 1. The Hall–Kier alpha value is -1.67. The molecule has 2 aliphatic heterocycles. The standard InChI is InChI=1S/C20H31ClN6O2/c1-12-8-14-10-16(9-12)29-20(3,11-14)26-19(28)24-15-4-6-27(7-5-15)18-23-13(2)22-17(21)25-18/h12,14-16H,4-11H2,1-3H3,(H2,24,26,28). The summed E-state index contributed by atoms with van der Waals surface area (Å²) in [6.07, 6.45) is 6.27. The van der Waals surface area contributed by atoms with Gasteiger partial charge in [0, 0.05) is 19.1 Å². The molecule has 4 unspecified atom stereocenters. The fourth-order valence-electron chi connectivity index (χ4n) is 5.25. The maximum Gasteiger partial charge on any atom is 0.317 e. The molecule has 9 heteroatoms. The average Bonchev–Trinajstić information content (AvgIpc) is 2.59. The summed E-state index contributed by atoms with van der Waals surface area (Å²) in [5.41, 5.74) is -0.572. The molecule has 4 atom stereocenters. The molecule has 160 valence electrons. The van der Waals surface area contributed by atoms with Crippen molar-refractivity contribution < 1.29 is 9.53 Å². The van der Waals surface area contributed by atoms with E-state index in [1.807, 2.05) is 6.92 Å². The SMILES string of the molecule is Cc1nc(Cl)nc(N2CCC(NC(=O)NC3(C)CC4CC(C)CC(C4)O3)CC2)n1. The second-order valence-electron chi connectivity index (χ2n) is 9.16. The first kappa shape index (κ1) is 20.6. The zero-order chi connectivity index (χ0) is 20.6. The number of ether oxygens (including phenoxy) is 1. The predicted octanol–water partition coefficient (Wildman–Crippen LogP) is 3.04. The van der Waals surface area contributed by atoms with Crippen molar-refractivity contribution in [3.8, 4) is 0 Å². The molecule has 2 saturated heterocycles. The van der Waals surface area contributed by atoms with Crippen LogP contribution in [0.15, 0.2) is 0 Å². The lowest BCUT2D eigenvalue weighted by Gasteiger charge is -2.47. The van der Waals surface area contributed by atoms with Gasteiger partial charge < -0.3 is 20.3 Å². The first-order valence-electron chi connectivity index (χ1n) is 10.7. The van der Waals surface area contributed by atoms with E-state index in [2.05, 4.69) is 37.4 Å². The van der Waals surface area contributed by atoms with Gasteiger partial charge in [0.05, 0.1) is 6.10 Å². The minimum Gasteiger partial charge on any atom is -0.353 e. The van der Waals surface area contributed by atoms with Crippen LogP contribution in [0.25, 0.3) is 0 Å². The summed E-state index contributed by atoms with van der Waals surface area (Å²) < 4.78 is 6.26. The van der Waals surface area contributed by atoms with Crippen LogP contribution in [0.1, 0.15) is 58.2 Å². The maximum atomic E-state index is 12.6. The number of carbonyl (C=O) groups is 1. The second-order valence-corrected chi connectivity index (χ2v) is 9.50. The Morgan fingerprint density at radius 3 is 2.66 bits per heavy atom. The second kappa shape index (κ2) is 8.22. The number of anilines is 1. The molecule has 1 aromatic heterocycles. The molecule has 3 heterocycles. The van der Waals surface area contributed by atoms with Crippen LogP contribution in [-0.2, 0) is 4.74 Å². The normalized spacial score (nSPS) is 32.7. The van der Waals surface area contributed by atoms with Crippen LogP contribution < -0.4 is 15.5 Å². The molecule has 3 aliphatic rings. The van der Waals surface area contributed by atoms with Gasteiger partial charge in [-0.15, -0.1) is 0 Å². The van der Waals surface area contributed by atoms with Gasteiger partial charge in [-0.2, -0.15) is 9.97 Å². The van der Waals surface area contributed by atoms with E-state index < -0.39 is 5.72 Å². The summed E-state index contributed by atoms with van der Waals surface area (Å²) in [6, 6.07) is -0.0191. The van der Waals surface area contributed by atoms with E-state index in [0.29, 0.717) is 23.6 Å². The van der Waals surface area contributed by atoms with Crippen LogP contribution in [0.2, 0.25) is 5.28 Å². The molecule has 2 bridgehead atoms. The first-order chi connectivity index (χ1) is 13.8. The number of fused-ring (bicyclic) bond motifs is 2. The van der Waals surface area contributed by atoms with E-state index in [-0.39, 0.29) is 23.5 Å². The highest BCUT2D eigenvalue weighted by Crippen LogP contribution is 2.41. The molecule has 8 nitrogen and oxygen atoms in total. The van der Waals surface area contributed by atoms with E-state index in [9.17, 15) is 4.79 Å². The lowest BCUT2D eigenvalue weighted by Crippen LogP contribution is -2.59. The van der Waals surface area contributed by atoms with Gasteiger partial charge in [0.25, 0.3) is 0 Å². The van der Waals surface area contributed by atoms with Gasteiger partial charge in [-0.1, -0.05) is 6.92 Å². The van der Waals surface area contributed by atoms with Crippen LogP contribution in [0.5, 0.6) is 0 Å². The predicted molar refractivity (Wildman–Crippen MR) is 111 cm³/mol. The lowest BCUT2D eigenvalue weighted by molar-refractivity contribution is -0.168. The summed E-state index contributed by atoms with van der Waals surface area (Å²) in [5.74, 6) is 2.57. The van der Waals surface area contributed by atoms with Crippen LogP contribution in [0, 0.1) is 18.8 Å². The van der Waals surface area contributed by atoms with Crippen molar-refractivity contribution in [2.45, 2.75) is 77.2 Å². The van der Waals surface area contributed by atoms with Gasteiger partial charge in [-0.3, -0.25) is 0 Å². The van der Waals surface area contributed by atoms with Crippen LogP contribution in [-0.4, -0.2) is 51.9 Å². The zero-order valence-corrected chi connectivity index (χ0v) is 18.2. The van der Waals surface area contributed by atoms with Crippen molar-refractivity contribution in [3.63, 3.8) is 0 Å². The van der Waals surface area contributed by atoms with Crippen molar-refractivity contribution in [1.82, 2.24) is 25.6 Å². The largest absolute Gasteiger partial charge is 0.353 e. The Kier molecular flexibility index (Phi) is 5.84. The fraction of sp³-hybridized carbons (Fsp3) is 0.800. The topological polar surface area (TPSA) is 92.3 Å². The highest BCUT2D eigenvalue weighted by atomic mass is 35.5. The number of amides is 2. The molecule has 2 amide bonds. The van der Waals surface area contributed by atoms with E-state index in [4.69, 9.17) is 16.3 Å². The van der Waals surface area contributed by atoms with Gasteiger partial charge in [0.2, 0.25) is 11.2 Å². The third-order valence-electron chi connectivity index (χ3n) is 6.30. The molecule has 1 aromatic rings. The zero-order valence-electron chi connectivity index (χ0n) is 17.4. The molecule has 4 rings (SSSR count). The quantitative estimate of drug-likeness (QED) is 0.777. The van der Waals surface area contributed by atoms with E-state index in [1.165, 1.54) is 6.42 Å². The Balaban J connectivity index is 1.27. The molecule has 1 saturated carbocycles. The van der Waals surface area contributed by atoms with Gasteiger partial charge >= 0.3 is 6.03 Å². The Morgan fingerprint density at radius 2 is 1.97 bits per heavy atom. The summed E-state index contributed by atoms with van der Waals surface area (Å²) in [5, 5.41) is 6.45. The average molecular weight is 423 g/mol. The minimum atomic E-state index is -0.572. The van der Waals surface area contributed by atoms with Gasteiger partial charge in [-0.05, 0) is 75.8 Å². The number of urea groups is 1. The minimum absolute atomic E-state index is 0.122. The Morgan fingerprint density at radius 1 is 1.21 bits per heavy atom. The molecular weight excluding hydrogens is 392 g/mol. The Labute approximate surface area is 177 Å². The van der Waals surface area contributed by atoms with Gasteiger partial charge in [-0.25, -0.2) is 9.78 Å². The number of rotatable bonds is 3. The molecule has 0 spiro atoms.